The van der Waals surface area contributed by atoms with E-state index in [9.17, 15) is 13.2 Å². The number of thioether (sulfide) groups is 2. The lowest BCUT2D eigenvalue weighted by atomic mass is 10.1. The summed E-state index contributed by atoms with van der Waals surface area (Å²) in [7, 11) is 0. The molecule has 5 heteroatoms. The van der Waals surface area contributed by atoms with Crippen LogP contribution in [0.4, 0.5) is 13.2 Å². The van der Waals surface area contributed by atoms with Crippen molar-refractivity contribution in [2.24, 2.45) is 0 Å². The smallest absolute Gasteiger partial charge is 0.166 e. The molecule has 0 aromatic heterocycles. The Labute approximate surface area is 120 Å². The zero-order chi connectivity index (χ0) is 14.3. The first kappa shape index (κ1) is 16.5. The molecule has 0 N–H and O–H groups in total. The van der Waals surface area contributed by atoms with E-state index in [4.69, 9.17) is 0 Å². The van der Waals surface area contributed by atoms with Crippen molar-refractivity contribution in [3.05, 3.63) is 45.7 Å². The van der Waals surface area contributed by atoms with Gasteiger partial charge in [-0.1, -0.05) is 44.2 Å². The van der Waals surface area contributed by atoms with Crippen molar-refractivity contribution in [2.45, 2.75) is 26.4 Å². The summed E-state index contributed by atoms with van der Waals surface area (Å²) < 4.78 is 40.1. The summed E-state index contributed by atoms with van der Waals surface area (Å²) >= 11 is 2.56. The Hall–Kier alpha value is -0.550. The standard InChI is InChI=1S/C14H17F3S2/c1-3-18-13(19-4-2)12(14(15,16)17)10-11-8-6-5-7-9-11/h5-9H,3-4,10H2,1-2H3. The number of halogens is 3. The number of hydrogen-bond acceptors (Lipinski definition) is 2. The maximum Gasteiger partial charge on any atom is 0.414 e. The van der Waals surface area contributed by atoms with Crippen LogP contribution in [0.3, 0.4) is 0 Å². The molecule has 0 aliphatic heterocycles. The third-order valence-corrected chi connectivity index (χ3v) is 4.66. The lowest BCUT2D eigenvalue weighted by Gasteiger charge is -2.17. The lowest BCUT2D eigenvalue weighted by Crippen LogP contribution is -2.15. The molecular formula is C14H17F3S2. The van der Waals surface area contributed by atoms with Crippen LogP contribution in [0.25, 0.3) is 0 Å². The van der Waals surface area contributed by atoms with Gasteiger partial charge in [-0.25, -0.2) is 0 Å². The Kier molecular flexibility index (Phi) is 6.86. The van der Waals surface area contributed by atoms with E-state index in [2.05, 4.69) is 0 Å². The molecule has 1 aromatic carbocycles. The van der Waals surface area contributed by atoms with Crippen LogP contribution in [-0.2, 0) is 6.42 Å². The average Bonchev–Trinajstić information content (AvgIpc) is 2.36. The highest BCUT2D eigenvalue weighted by molar-refractivity contribution is 8.22. The van der Waals surface area contributed by atoms with E-state index in [1.54, 1.807) is 24.3 Å². The molecule has 0 aliphatic rings. The summed E-state index contributed by atoms with van der Waals surface area (Å²) in [4.78, 5) is 0. The number of allylic oxidation sites excluding steroid dienone is 1. The van der Waals surface area contributed by atoms with Crippen LogP contribution in [0.2, 0.25) is 0 Å². The first-order valence-corrected chi connectivity index (χ1v) is 8.06. The number of alkyl halides is 3. The minimum Gasteiger partial charge on any atom is -0.166 e. The Bertz CT molecular complexity index is 402. The Morgan fingerprint density at radius 2 is 1.53 bits per heavy atom. The fraction of sp³-hybridized carbons (Fsp3) is 0.429. The molecule has 0 amide bonds. The summed E-state index contributed by atoms with van der Waals surface area (Å²) in [6.45, 7) is 3.74. The van der Waals surface area contributed by atoms with Gasteiger partial charge >= 0.3 is 6.18 Å². The van der Waals surface area contributed by atoms with Crippen molar-refractivity contribution >= 4 is 23.5 Å². The van der Waals surface area contributed by atoms with Crippen molar-refractivity contribution < 1.29 is 13.2 Å². The molecule has 0 atom stereocenters. The van der Waals surface area contributed by atoms with Crippen LogP contribution in [0.1, 0.15) is 19.4 Å². The van der Waals surface area contributed by atoms with Gasteiger partial charge in [-0.2, -0.15) is 13.2 Å². The zero-order valence-electron chi connectivity index (χ0n) is 11.0. The topological polar surface area (TPSA) is 0 Å². The lowest BCUT2D eigenvalue weighted by molar-refractivity contribution is -0.0931. The van der Waals surface area contributed by atoms with Crippen LogP contribution < -0.4 is 0 Å². The summed E-state index contributed by atoms with van der Waals surface area (Å²) in [6.07, 6.45) is -4.32. The predicted octanol–water partition coefficient (Wildman–Crippen LogP) is 5.51. The van der Waals surface area contributed by atoms with Crippen molar-refractivity contribution in [3.8, 4) is 0 Å². The second-order valence-electron chi connectivity index (χ2n) is 3.79. The summed E-state index contributed by atoms with van der Waals surface area (Å²) in [5.74, 6) is 1.30. The quantitative estimate of drug-likeness (QED) is 0.679. The van der Waals surface area contributed by atoms with Crippen LogP contribution in [0.15, 0.2) is 40.1 Å². The Balaban J connectivity index is 3.09. The molecule has 0 heterocycles. The second kappa shape index (κ2) is 7.90. The molecule has 0 bridgehead atoms. The van der Waals surface area contributed by atoms with Gasteiger partial charge in [0.2, 0.25) is 0 Å². The molecule has 1 rings (SSSR count). The van der Waals surface area contributed by atoms with E-state index >= 15 is 0 Å². The normalized spacial score (nSPS) is 11.4. The summed E-state index contributed by atoms with van der Waals surface area (Å²) in [5, 5.41) is 0. The zero-order valence-corrected chi connectivity index (χ0v) is 12.6. The first-order valence-electron chi connectivity index (χ1n) is 6.08. The second-order valence-corrected chi connectivity index (χ2v) is 6.60. The van der Waals surface area contributed by atoms with Crippen LogP contribution in [0.5, 0.6) is 0 Å². The molecule has 0 radical (unpaired) electrons. The van der Waals surface area contributed by atoms with E-state index < -0.39 is 11.7 Å². The molecule has 0 nitrogen and oxygen atoms in total. The first-order chi connectivity index (χ1) is 8.99. The fourth-order valence-electron chi connectivity index (χ4n) is 1.57. The van der Waals surface area contributed by atoms with Gasteiger partial charge in [-0.05, 0) is 17.1 Å². The minimum absolute atomic E-state index is 0.0559. The molecule has 19 heavy (non-hydrogen) atoms. The third kappa shape index (κ3) is 5.53. The number of hydrogen-bond donors (Lipinski definition) is 0. The van der Waals surface area contributed by atoms with Gasteiger partial charge in [-0.15, -0.1) is 23.5 Å². The summed E-state index contributed by atoms with van der Waals surface area (Å²) in [5.41, 5.74) is 0.276. The Morgan fingerprint density at radius 1 is 1.00 bits per heavy atom. The molecule has 0 unspecified atom stereocenters. The van der Waals surface area contributed by atoms with Crippen LogP contribution >= 0.6 is 23.5 Å². The highest BCUT2D eigenvalue weighted by Gasteiger charge is 2.36. The van der Waals surface area contributed by atoms with E-state index in [1.807, 2.05) is 19.9 Å². The largest absolute Gasteiger partial charge is 0.414 e. The fourth-order valence-corrected chi connectivity index (χ4v) is 3.86. The van der Waals surface area contributed by atoms with Crippen molar-refractivity contribution in [1.82, 2.24) is 0 Å². The van der Waals surface area contributed by atoms with Crippen molar-refractivity contribution in [2.75, 3.05) is 11.5 Å². The molecule has 0 aliphatic carbocycles. The molecule has 106 valence electrons. The van der Waals surface area contributed by atoms with E-state index in [1.165, 1.54) is 23.5 Å². The van der Waals surface area contributed by atoms with Crippen LogP contribution in [-0.4, -0.2) is 17.7 Å². The van der Waals surface area contributed by atoms with E-state index in [0.29, 0.717) is 21.3 Å². The minimum atomic E-state index is -4.27. The average molecular weight is 306 g/mol. The SMILES string of the molecule is CCSC(SCC)=C(Cc1ccccc1)C(F)(F)F. The monoisotopic (exact) mass is 306 g/mol. The molecular weight excluding hydrogens is 289 g/mol. The third-order valence-electron chi connectivity index (χ3n) is 2.36. The van der Waals surface area contributed by atoms with Gasteiger partial charge in [0.1, 0.15) is 0 Å². The number of benzene rings is 1. The van der Waals surface area contributed by atoms with Gasteiger partial charge in [-0.3, -0.25) is 0 Å². The van der Waals surface area contributed by atoms with Crippen molar-refractivity contribution in [3.63, 3.8) is 0 Å². The van der Waals surface area contributed by atoms with Gasteiger partial charge in [0, 0.05) is 10.7 Å². The molecule has 0 fully saturated rings. The molecule has 1 aromatic rings. The van der Waals surface area contributed by atoms with Crippen molar-refractivity contribution in [1.29, 1.82) is 0 Å². The van der Waals surface area contributed by atoms with Gasteiger partial charge in [0.25, 0.3) is 0 Å². The maximum absolute atomic E-state index is 13.2. The van der Waals surface area contributed by atoms with E-state index in [-0.39, 0.29) is 6.42 Å². The highest BCUT2D eigenvalue weighted by atomic mass is 32.2. The Morgan fingerprint density at radius 3 is 1.95 bits per heavy atom. The van der Waals surface area contributed by atoms with Gasteiger partial charge in [0.15, 0.2) is 0 Å². The van der Waals surface area contributed by atoms with Gasteiger partial charge < -0.3 is 0 Å². The molecule has 0 saturated carbocycles. The van der Waals surface area contributed by atoms with Crippen LogP contribution in [0, 0.1) is 0 Å². The molecule has 0 saturated heterocycles. The predicted molar refractivity (Wildman–Crippen MR) is 79.5 cm³/mol. The van der Waals surface area contributed by atoms with E-state index in [0.717, 1.165) is 0 Å². The van der Waals surface area contributed by atoms with Gasteiger partial charge in [0.05, 0.1) is 5.57 Å². The maximum atomic E-state index is 13.2. The molecule has 0 spiro atoms. The summed E-state index contributed by atoms with van der Waals surface area (Å²) in [6, 6.07) is 8.81. The highest BCUT2D eigenvalue weighted by Crippen LogP contribution is 2.40. The number of rotatable bonds is 6.